The van der Waals surface area contributed by atoms with Crippen LogP contribution in [0.4, 0.5) is 0 Å². The highest BCUT2D eigenvalue weighted by atomic mass is 16.3. The molecule has 0 unspecified atom stereocenters. The van der Waals surface area contributed by atoms with Crippen molar-refractivity contribution in [1.82, 2.24) is 19.5 Å². The Morgan fingerprint density at radius 3 is 1.62 bits per heavy atom. The molecule has 0 N–H and O–H groups in total. The zero-order valence-electron chi connectivity index (χ0n) is 33.7. The molecular formula is C57H34N4O2. The molecule has 0 aliphatic rings. The van der Waals surface area contributed by atoms with E-state index in [2.05, 4.69) is 174 Å². The molecule has 0 spiro atoms. The van der Waals surface area contributed by atoms with Gasteiger partial charge in [-0.15, -0.1) is 0 Å². The quantitative estimate of drug-likeness (QED) is 0.167. The number of aromatic nitrogens is 4. The van der Waals surface area contributed by atoms with Gasteiger partial charge in [0.15, 0.2) is 17.5 Å². The Kier molecular flexibility index (Phi) is 7.80. The van der Waals surface area contributed by atoms with Gasteiger partial charge in [-0.25, -0.2) is 15.0 Å². The van der Waals surface area contributed by atoms with Gasteiger partial charge in [0.05, 0.1) is 11.0 Å². The van der Waals surface area contributed by atoms with E-state index in [1.54, 1.807) is 0 Å². The Morgan fingerprint density at radius 1 is 0.302 bits per heavy atom. The molecule has 9 aromatic carbocycles. The first kappa shape index (κ1) is 35.2. The van der Waals surface area contributed by atoms with Crippen molar-refractivity contribution in [3.05, 3.63) is 206 Å². The molecule has 0 bridgehead atoms. The first-order chi connectivity index (χ1) is 31.2. The third-order valence-electron chi connectivity index (χ3n) is 12.3. The van der Waals surface area contributed by atoms with Crippen molar-refractivity contribution in [1.29, 1.82) is 0 Å². The summed E-state index contributed by atoms with van der Waals surface area (Å²) in [4.78, 5) is 15.4. The highest BCUT2D eigenvalue weighted by Crippen LogP contribution is 2.41. The Bertz CT molecular complexity index is 3920. The molecule has 13 aromatic rings. The molecule has 13 rings (SSSR count). The van der Waals surface area contributed by atoms with Crippen LogP contribution in [0.3, 0.4) is 0 Å². The number of furan rings is 2. The van der Waals surface area contributed by atoms with Crippen molar-refractivity contribution in [3.63, 3.8) is 0 Å². The second kappa shape index (κ2) is 14.0. The fourth-order valence-electron chi connectivity index (χ4n) is 9.30. The van der Waals surface area contributed by atoms with Crippen LogP contribution in [0.2, 0.25) is 0 Å². The molecule has 0 saturated carbocycles. The Labute approximate surface area is 361 Å². The highest BCUT2D eigenvalue weighted by molar-refractivity contribution is 6.15. The Balaban J connectivity index is 0.962. The lowest BCUT2D eigenvalue weighted by atomic mass is 9.98. The van der Waals surface area contributed by atoms with Gasteiger partial charge < -0.3 is 13.4 Å². The van der Waals surface area contributed by atoms with Crippen LogP contribution in [-0.2, 0) is 0 Å². The maximum absolute atomic E-state index is 6.69. The van der Waals surface area contributed by atoms with Crippen molar-refractivity contribution in [2.24, 2.45) is 0 Å². The van der Waals surface area contributed by atoms with Crippen LogP contribution in [0, 0.1) is 0 Å². The predicted octanol–water partition coefficient (Wildman–Crippen LogP) is 15.1. The van der Waals surface area contributed by atoms with Crippen LogP contribution in [0.1, 0.15) is 0 Å². The summed E-state index contributed by atoms with van der Waals surface area (Å²) in [6, 6.07) is 71.6. The van der Waals surface area contributed by atoms with Gasteiger partial charge >= 0.3 is 0 Å². The molecule has 63 heavy (non-hydrogen) atoms. The molecule has 4 aromatic heterocycles. The number of benzene rings is 9. The van der Waals surface area contributed by atoms with E-state index < -0.39 is 0 Å². The summed E-state index contributed by atoms with van der Waals surface area (Å²) >= 11 is 0. The molecule has 0 atom stereocenters. The zero-order chi connectivity index (χ0) is 41.4. The van der Waals surface area contributed by atoms with Crippen LogP contribution in [0.15, 0.2) is 215 Å². The second-order valence-electron chi connectivity index (χ2n) is 16.0. The van der Waals surface area contributed by atoms with Crippen LogP contribution in [-0.4, -0.2) is 19.5 Å². The largest absolute Gasteiger partial charge is 0.456 e. The zero-order valence-corrected chi connectivity index (χ0v) is 33.7. The second-order valence-corrected chi connectivity index (χ2v) is 16.0. The summed E-state index contributed by atoms with van der Waals surface area (Å²) in [5.41, 5.74) is 13.6. The molecule has 0 aliphatic heterocycles. The molecule has 0 saturated heterocycles. The fraction of sp³-hybridized carbons (Fsp3) is 0. The minimum Gasteiger partial charge on any atom is -0.456 e. The summed E-state index contributed by atoms with van der Waals surface area (Å²) in [7, 11) is 0. The maximum Gasteiger partial charge on any atom is 0.164 e. The number of nitrogens with zero attached hydrogens (tertiary/aromatic N) is 4. The number of para-hydroxylation sites is 3. The van der Waals surface area contributed by atoms with Crippen molar-refractivity contribution in [2.75, 3.05) is 0 Å². The van der Waals surface area contributed by atoms with Gasteiger partial charge in [-0.2, -0.15) is 0 Å². The molecule has 0 amide bonds. The first-order valence-corrected chi connectivity index (χ1v) is 21.1. The summed E-state index contributed by atoms with van der Waals surface area (Å²) in [6.45, 7) is 0. The predicted molar refractivity (Wildman–Crippen MR) is 256 cm³/mol. The number of fused-ring (bicyclic) bond motifs is 9. The van der Waals surface area contributed by atoms with E-state index in [1.165, 1.54) is 16.3 Å². The Morgan fingerprint density at radius 2 is 0.825 bits per heavy atom. The lowest BCUT2D eigenvalue weighted by Gasteiger charge is -2.10. The average molecular weight is 807 g/mol. The molecule has 0 radical (unpaired) electrons. The van der Waals surface area contributed by atoms with Crippen molar-refractivity contribution < 1.29 is 8.83 Å². The van der Waals surface area contributed by atoms with Gasteiger partial charge in [0.2, 0.25) is 0 Å². The van der Waals surface area contributed by atoms with Gasteiger partial charge in [-0.05, 0) is 89.0 Å². The lowest BCUT2D eigenvalue weighted by molar-refractivity contribution is 0.668. The van der Waals surface area contributed by atoms with E-state index in [1.807, 2.05) is 36.4 Å². The maximum atomic E-state index is 6.69. The standard InChI is InChI=1S/C57H34N4O2/c1-3-13-35(14-4-1)36-15-11-16-38(31-36)55-58-56(39-26-29-46-45-20-8-10-23-50(45)62-52(46)33-39)60-57(59-55)40-27-30-47-53(34-40)63-51-24-12-21-42(54(47)51)37-25-28-44-43-19-7-9-22-48(43)61(49(44)32-37)41-17-5-2-6-18-41/h1-34H. The van der Waals surface area contributed by atoms with Crippen LogP contribution < -0.4 is 0 Å². The van der Waals surface area contributed by atoms with E-state index in [4.69, 9.17) is 23.8 Å². The van der Waals surface area contributed by atoms with Crippen LogP contribution in [0.5, 0.6) is 0 Å². The molecule has 6 heteroatoms. The number of rotatable bonds is 6. The molecular weight excluding hydrogens is 773 g/mol. The van der Waals surface area contributed by atoms with Crippen molar-refractivity contribution >= 4 is 65.7 Å². The third kappa shape index (κ3) is 5.76. The highest BCUT2D eigenvalue weighted by Gasteiger charge is 2.19. The first-order valence-electron chi connectivity index (χ1n) is 21.1. The summed E-state index contributed by atoms with van der Waals surface area (Å²) in [5, 5.41) is 6.65. The minimum absolute atomic E-state index is 0.548. The van der Waals surface area contributed by atoms with Gasteiger partial charge in [-0.3, -0.25) is 0 Å². The fourth-order valence-corrected chi connectivity index (χ4v) is 9.30. The third-order valence-corrected chi connectivity index (χ3v) is 12.3. The van der Waals surface area contributed by atoms with Crippen LogP contribution in [0.25, 0.3) is 128 Å². The van der Waals surface area contributed by atoms with Crippen molar-refractivity contribution in [3.8, 4) is 62.1 Å². The number of hydrogen-bond acceptors (Lipinski definition) is 5. The SMILES string of the molecule is c1ccc(-c2cccc(-c3nc(-c4ccc5c(c4)oc4ccccc45)nc(-c4ccc5c(c4)oc4cccc(-c6ccc7c8ccccc8n(-c8ccccc8)c7c6)c45)n3)c2)cc1. The summed E-state index contributed by atoms with van der Waals surface area (Å²) in [5.74, 6) is 1.68. The van der Waals surface area contributed by atoms with Crippen LogP contribution >= 0.6 is 0 Å². The summed E-state index contributed by atoms with van der Waals surface area (Å²) < 4.78 is 15.4. The molecule has 6 nitrogen and oxygen atoms in total. The number of hydrogen-bond donors (Lipinski definition) is 0. The smallest absolute Gasteiger partial charge is 0.164 e. The average Bonchev–Trinajstić information content (AvgIpc) is 4.03. The monoisotopic (exact) mass is 806 g/mol. The van der Waals surface area contributed by atoms with E-state index in [0.717, 1.165) is 94.0 Å². The van der Waals surface area contributed by atoms with Crippen molar-refractivity contribution in [2.45, 2.75) is 0 Å². The van der Waals surface area contributed by atoms with Gasteiger partial charge in [0.1, 0.15) is 22.3 Å². The normalized spacial score (nSPS) is 11.8. The van der Waals surface area contributed by atoms with E-state index >= 15 is 0 Å². The topological polar surface area (TPSA) is 69.9 Å². The summed E-state index contributed by atoms with van der Waals surface area (Å²) in [6.07, 6.45) is 0. The van der Waals surface area contributed by atoms with Gasteiger partial charge in [0.25, 0.3) is 0 Å². The van der Waals surface area contributed by atoms with Gasteiger partial charge in [0, 0.05) is 54.7 Å². The molecule has 4 heterocycles. The minimum atomic E-state index is 0.548. The van der Waals surface area contributed by atoms with E-state index in [0.29, 0.717) is 17.5 Å². The van der Waals surface area contributed by atoms with E-state index in [-0.39, 0.29) is 0 Å². The van der Waals surface area contributed by atoms with E-state index in [9.17, 15) is 0 Å². The molecule has 0 aliphatic carbocycles. The van der Waals surface area contributed by atoms with Gasteiger partial charge in [-0.1, -0.05) is 140 Å². The lowest BCUT2D eigenvalue weighted by Crippen LogP contribution is -2.00. The molecule has 294 valence electrons. The molecule has 0 fully saturated rings. The Hall–Kier alpha value is -8.61.